The minimum Gasteiger partial charge on any atom is -0.392 e. The Balaban J connectivity index is 2.17. The molecule has 0 saturated carbocycles. The van der Waals surface area contributed by atoms with Crippen LogP contribution in [0.5, 0.6) is 0 Å². The largest absolute Gasteiger partial charge is 0.392 e. The Labute approximate surface area is 200 Å². The number of aliphatic hydroxyl groups is 4. The van der Waals surface area contributed by atoms with Crippen LogP contribution in [0, 0.1) is 0 Å². The first-order valence-electron chi connectivity index (χ1n) is 12.6. The van der Waals surface area contributed by atoms with E-state index in [4.69, 9.17) is 0 Å². The summed E-state index contributed by atoms with van der Waals surface area (Å²) >= 11 is 0. The molecule has 0 amide bonds. The van der Waals surface area contributed by atoms with E-state index >= 15 is 0 Å². The van der Waals surface area contributed by atoms with Gasteiger partial charge in [0.05, 0.1) is 24.9 Å². The highest BCUT2D eigenvalue weighted by molar-refractivity contribution is 5.34. The van der Waals surface area contributed by atoms with Gasteiger partial charge in [-0.05, 0) is 84.6 Å². The van der Waals surface area contributed by atoms with Gasteiger partial charge in [0.1, 0.15) is 0 Å². The zero-order valence-corrected chi connectivity index (χ0v) is 21.0. The summed E-state index contributed by atoms with van der Waals surface area (Å²) in [5.74, 6) is 0. The van der Waals surface area contributed by atoms with E-state index in [1.807, 2.05) is 32.0 Å². The van der Waals surface area contributed by atoms with E-state index in [0.29, 0.717) is 19.3 Å². The molecule has 4 N–H and O–H groups in total. The van der Waals surface area contributed by atoms with Crippen LogP contribution in [-0.4, -0.2) is 32.1 Å². The average Bonchev–Trinajstić information content (AvgIpc) is 2.87. The Bertz CT molecular complexity index is 852. The molecule has 0 spiro atoms. The van der Waals surface area contributed by atoms with E-state index in [0.717, 1.165) is 48.8 Å². The van der Waals surface area contributed by atoms with Gasteiger partial charge in [-0.2, -0.15) is 0 Å². The molecule has 0 aliphatic rings. The Morgan fingerprint density at radius 3 is 1.91 bits per heavy atom. The van der Waals surface area contributed by atoms with Crippen LogP contribution < -0.4 is 0 Å². The van der Waals surface area contributed by atoms with Crippen LogP contribution in [0.4, 0.5) is 0 Å². The van der Waals surface area contributed by atoms with Gasteiger partial charge in [0.2, 0.25) is 0 Å². The third-order valence-corrected chi connectivity index (χ3v) is 7.95. The van der Waals surface area contributed by atoms with E-state index in [1.54, 1.807) is 0 Å². The monoisotopic (exact) mass is 456 g/mol. The molecule has 2 aromatic rings. The standard InChI is InChI=1S/C29H44O4/c1-5-28(6-2,17-16-27(32)29(33,7-3)8-4)26-11-9-10-22(19-26)12-13-23-14-15-24(20-30)25(18-23)21-31/h9-11,14-15,18-19,27,30-33H,5-8,12-13,16-17,20-21H2,1-4H3. The number of rotatable bonds is 14. The minimum atomic E-state index is -1.01. The van der Waals surface area contributed by atoms with Crippen molar-refractivity contribution in [2.75, 3.05) is 0 Å². The molecular formula is C29H44O4. The van der Waals surface area contributed by atoms with Crippen LogP contribution in [-0.2, 0) is 31.5 Å². The maximum atomic E-state index is 10.7. The lowest BCUT2D eigenvalue weighted by atomic mass is 9.70. The molecule has 33 heavy (non-hydrogen) atoms. The lowest BCUT2D eigenvalue weighted by molar-refractivity contribution is -0.0854. The van der Waals surface area contributed by atoms with E-state index in [2.05, 4.69) is 38.1 Å². The molecule has 4 nitrogen and oxygen atoms in total. The average molecular weight is 457 g/mol. The summed E-state index contributed by atoms with van der Waals surface area (Å²) in [6, 6.07) is 14.7. The number of hydrogen-bond acceptors (Lipinski definition) is 4. The molecule has 1 unspecified atom stereocenters. The van der Waals surface area contributed by atoms with Gasteiger partial charge >= 0.3 is 0 Å². The lowest BCUT2D eigenvalue weighted by Gasteiger charge is -2.37. The van der Waals surface area contributed by atoms with Gasteiger partial charge in [-0.3, -0.25) is 0 Å². The first kappa shape index (κ1) is 27.5. The zero-order valence-electron chi connectivity index (χ0n) is 21.0. The van der Waals surface area contributed by atoms with Crippen molar-refractivity contribution in [3.63, 3.8) is 0 Å². The van der Waals surface area contributed by atoms with E-state index in [9.17, 15) is 20.4 Å². The van der Waals surface area contributed by atoms with Gasteiger partial charge < -0.3 is 20.4 Å². The fourth-order valence-electron chi connectivity index (χ4n) is 5.04. The van der Waals surface area contributed by atoms with E-state index < -0.39 is 11.7 Å². The molecule has 184 valence electrons. The smallest absolute Gasteiger partial charge is 0.0900 e. The molecule has 4 heteroatoms. The highest BCUT2D eigenvalue weighted by Crippen LogP contribution is 2.38. The maximum Gasteiger partial charge on any atom is 0.0900 e. The molecule has 2 aromatic carbocycles. The van der Waals surface area contributed by atoms with Gasteiger partial charge in [0.25, 0.3) is 0 Å². The molecule has 2 rings (SSSR count). The third-order valence-electron chi connectivity index (χ3n) is 7.95. The van der Waals surface area contributed by atoms with Crippen LogP contribution in [0.2, 0.25) is 0 Å². The van der Waals surface area contributed by atoms with E-state index in [-0.39, 0.29) is 18.6 Å². The van der Waals surface area contributed by atoms with Crippen LogP contribution in [0.25, 0.3) is 0 Å². The van der Waals surface area contributed by atoms with Crippen LogP contribution in [0.15, 0.2) is 42.5 Å². The first-order chi connectivity index (χ1) is 15.8. The predicted molar refractivity (Wildman–Crippen MR) is 135 cm³/mol. The molecule has 0 fully saturated rings. The molecular weight excluding hydrogens is 412 g/mol. The Morgan fingerprint density at radius 2 is 1.36 bits per heavy atom. The van der Waals surface area contributed by atoms with Crippen molar-refractivity contribution in [1.82, 2.24) is 0 Å². The Hall–Kier alpha value is -1.72. The normalized spacial score (nSPS) is 13.3. The first-order valence-corrected chi connectivity index (χ1v) is 12.6. The summed E-state index contributed by atoms with van der Waals surface area (Å²) < 4.78 is 0. The lowest BCUT2D eigenvalue weighted by Crippen LogP contribution is -2.42. The highest BCUT2D eigenvalue weighted by Gasteiger charge is 2.35. The van der Waals surface area contributed by atoms with Crippen LogP contribution in [0.1, 0.15) is 94.0 Å². The molecule has 0 radical (unpaired) electrons. The number of hydrogen-bond donors (Lipinski definition) is 4. The summed E-state index contributed by atoms with van der Waals surface area (Å²) in [7, 11) is 0. The predicted octanol–water partition coefficient (Wildman–Crippen LogP) is 5.21. The fraction of sp³-hybridized carbons (Fsp3) is 0.586. The maximum absolute atomic E-state index is 10.7. The molecule has 0 saturated heterocycles. The van der Waals surface area contributed by atoms with Crippen molar-refractivity contribution in [1.29, 1.82) is 0 Å². The molecule has 1 atom stereocenters. The molecule has 0 aliphatic heterocycles. The van der Waals surface area contributed by atoms with Gasteiger partial charge in [0.15, 0.2) is 0 Å². The second-order valence-electron chi connectivity index (χ2n) is 9.47. The Kier molecular flexibility index (Phi) is 10.6. The number of benzene rings is 2. The van der Waals surface area contributed by atoms with Crippen molar-refractivity contribution in [3.8, 4) is 0 Å². The van der Waals surface area contributed by atoms with Gasteiger partial charge in [-0.25, -0.2) is 0 Å². The summed E-state index contributed by atoms with van der Waals surface area (Å²) in [6.45, 7) is 8.18. The summed E-state index contributed by atoms with van der Waals surface area (Å²) in [5, 5.41) is 40.4. The summed E-state index contributed by atoms with van der Waals surface area (Å²) in [4.78, 5) is 0. The Morgan fingerprint density at radius 1 is 0.758 bits per heavy atom. The van der Waals surface area contributed by atoms with Crippen molar-refractivity contribution < 1.29 is 20.4 Å². The van der Waals surface area contributed by atoms with Crippen LogP contribution >= 0.6 is 0 Å². The third kappa shape index (κ3) is 6.66. The summed E-state index contributed by atoms with van der Waals surface area (Å²) in [5.41, 5.74) is 4.27. The quantitative estimate of drug-likeness (QED) is 0.315. The minimum absolute atomic E-state index is 0.0216. The van der Waals surface area contributed by atoms with Crippen molar-refractivity contribution >= 4 is 0 Å². The molecule has 0 aliphatic carbocycles. The van der Waals surface area contributed by atoms with Crippen molar-refractivity contribution in [3.05, 3.63) is 70.3 Å². The topological polar surface area (TPSA) is 80.9 Å². The van der Waals surface area contributed by atoms with Crippen molar-refractivity contribution in [2.45, 2.75) is 109 Å². The van der Waals surface area contributed by atoms with Crippen molar-refractivity contribution in [2.24, 2.45) is 0 Å². The van der Waals surface area contributed by atoms with Crippen LogP contribution in [0.3, 0.4) is 0 Å². The zero-order chi connectivity index (χ0) is 24.5. The fourth-order valence-corrected chi connectivity index (χ4v) is 5.04. The highest BCUT2D eigenvalue weighted by atomic mass is 16.3. The molecule has 0 bridgehead atoms. The summed E-state index contributed by atoms with van der Waals surface area (Å²) in [6.07, 6.45) is 5.57. The number of aliphatic hydroxyl groups excluding tert-OH is 3. The second-order valence-corrected chi connectivity index (χ2v) is 9.47. The SMILES string of the molecule is CCC(CC)(CCC(O)C(O)(CC)CC)c1cccc(CCc2ccc(CO)c(CO)c2)c1. The van der Waals surface area contributed by atoms with E-state index in [1.165, 1.54) is 11.1 Å². The van der Waals surface area contributed by atoms with Gasteiger partial charge in [-0.15, -0.1) is 0 Å². The van der Waals surface area contributed by atoms with Gasteiger partial charge in [0, 0.05) is 0 Å². The molecule has 0 aromatic heterocycles. The van der Waals surface area contributed by atoms with Gasteiger partial charge in [-0.1, -0.05) is 70.2 Å². The molecule has 0 heterocycles. The second kappa shape index (κ2) is 12.7. The number of aryl methyl sites for hydroxylation is 2.